The highest BCUT2D eigenvalue weighted by atomic mass is 16.5. The van der Waals surface area contributed by atoms with E-state index < -0.39 is 0 Å². The van der Waals surface area contributed by atoms with E-state index in [4.69, 9.17) is 10.00 Å². The lowest BCUT2D eigenvalue weighted by Crippen LogP contribution is -2.06. The van der Waals surface area contributed by atoms with Gasteiger partial charge in [0.2, 0.25) is 0 Å². The number of carbonyl (C=O) groups excluding carboxylic acids is 1. The maximum Gasteiger partial charge on any atom is 0.354 e. The molecule has 0 amide bonds. The molecule has 0 aliphatic rings. The lowest BCUT2D eigenvalue weighted by atomic mass is 10.1. The van der Waals surface area contributed by atoms with Crippen LogP contribution < -0.4 is 0 Å². The third-order valence-electron chi connectivity index (χ3n) is 2.98. The molecule has 2 aromatic rings. The van der Waals surface area contributed by atoms with E-state index in [1.165, 1.54) is 0 Å². The number of esters is 1. The molecule has 1 aromatic heterocycles. The standard InChI is InChI=1S/C15H16N2O2/c1-10-7-11(2)12-9-14(17-13(12)8-10)15(18)19-6-4-3-5-16/h7-9,17H,3-4,6H2,1-2H3. The van der Waals surface area contributed by atoms with Crippen molar-refractivity contribution >= 4 is 16.9 Å². The predicted molar refractivity (Wildman–Crippen MR) is 72.9 cm³/mol. The molecule has 0 saturated carbocycles. The molecule has 4 heteroatoms. The van der Waals surface area contributed by atoms with E-state index >= 15 is 0 Å². The molecule has 1 heterocycles. The van der Waals surface area contributed by atoms with Crippen molar-refractivity contribution in [3.8, 4) is 6.07 Å². The Morgan fingerprint density at radius 1 is 1.37 bits per heavy atom. The van der Waals surface area contributed by atoms with Gasteiger partial charge in [0.1, 0.15) is 5.69 Å². The van der Waals surface area contributed by atoms with E-state index in [2.05, 4.69) is 11.1 Å². The summed E-state index contributed by atoms with van der Waals surface area (Å²) in [6, 6.07) is 7.92. The average Bonchev–Trinajstić information content (AvgIpc) is 2.78. The maximum atomic E-state index is 11.8. The zero-order chi connectivity index (χ0) is 13.8. The number of hydrogen-bond acceptors (Lipinski definition) is 3. The number of hydrogen-bond donors (Lipinski definition) is 1. The number of benzene rings is 1. The normalized spacial score (nSPS) is 10.4. The summed E-state index contributed by atoms with van der Waals surface area (Å²) in [6.45, 7) is 4.32. The highest BCUT2D eigenvalue weighted by molar-refractivity contribution is 5.96. The molecular weight excluding hydrogens is 240 g/mol. The number of rotatable bonds is 4. The number of aromatic amines is 1. The van der Waals surface area contributed by atoms with Crippen LogP contribution in [0.15, 0.2) is 18.2 Å². The second-order valence-corrected chi connectivity index (χ2v) is 4.62. The minimum absolute atomic E-state index is 0.278. The maximum absolute atomic E-state index is 11.8. The van der Waals surface area contributed by atoms with Gasteiger partial charge in [-0.15, -0.1) is 0 Å². The topological polar surface area (TPSA) is 65.9 Å². The van der Waals surface area contributed by atoms with E-state index in [9.17, 15) is 4.79 Å². The largest absolute Gasteiger partial charge is 0.461 e. The van der Waals surface area contributed by atoms with Gasteiger partial charge in [-0.3, -0.25) is 0 Å². The van der Waals surface area contributed by atoms with Crippen molar-refractivity contribution in [3.05, 3.63) is 35.0 Å². The molecule has 2 rings (SSSR count). The monoisotopic (exact) mass is 256 g/mol. The number of carbonyl (C=O) groups is 1. The van der Waals surface area contributed by atoms with E-state index in [0.29, 0.717) is 18.5 Å². The Morgan fingerprint density at radius 3 is 2.89 bits per heavy atom. The van der Waals surface area contributed by atoms with Crippen molar-refractivity contribution in [1.82, 2.24) is 4.98 Å². The molecule has 1 aromatic carbocycles. The van der Waals surface area contributed by atoms with Gasteiger partial charge in [-0.1, -0.05) is 6.07 Å². The third-order valence-corrected chi connectivity index (χ3v) is 2.98. The quantitative estimate of drug-likeness (QED) is 0.674. The Labute approximate surface area is 112 Å². The van der Waals surface area contributed by atoms with E-state index in [-0.39, 0.29) is 12.6 Å². The Balaban J connectivity index is 2.15. The van der Waals surface area contributed by atoms with Gasteiger partial charge in [-0.05, 0) is 43.5 Å². The van der Waals surface area contributed by atoms with Gasteiger partial charge in [0, 0.05) is 17.3 Å². The Bertz CT molecular complexity index is 650. The summed E-state index contributed by atoms with van der Waals surface area (Å²) in [6.07, 6.45) is 0.971. The van der Waals surface area contributed by atoms with Crippen LogP contribution in [0, 0.1) is 25.2 Å². The summed E-state index contributed by atoms with van der Waals surface area (Å²) in [5.74, 6) is -0.369. The smallest absolute Gasteiger partial charge is 0.354 e. The molecule has 98 valence electrons. The van der Waals surface area contributed by atoms with Crippen LogP contribution in [0.5, 0.6) is 0 Å². The first-order chi connectivity index (χ1) is 9.11. The number of H-pyrrole nitrogens is 1. The summed E-state index contributed by atoms with van der Waals surface area (Å²) in [4.78, 5) is 14.9. The van der Waals surface area contributed by atoms with E-state index in [1.54, 1.807) is 0 Å². The molecule has 4 nitrogen and oxygen atoms in total. The fourth-order valence-electron chi connectivity index (χ4n) is 2.10. The average molecular weight is 256 g/mol. The van der Waals surface area contributed by atoms with Crippen LogP contribution in [0.25, 0.3) is 10.9 Å². The summed E-state index contributed by atoms with van der Waals surface area (Å²) in [7, 11) is 0. The zero-order valence-electron chi connectivity index (χ0n) is 11.1. The number of unbranched alkanes of at least 4 members (excludes halogenated alkanes) is 1. The number of nitriles is 1. The second kappa shape index (κ2) is 5.57. The SMILES string of the molecule is Cc1cc(C)c2cc(C(=O)OCCCC#N)[nH]c2c1. The van der Waals surface area contributed by atoms with Gasteiger partial charge < -0.3 is 9.72 Å². The van der Waals surface area contributed by atoms with Crippen LogP contribution in [0.1, 0.15) is 34.5 Å². The zero-order valence-corrected chi connectivity index (χ0v) is 11.1. The Morgan fingerprint density at radius 2 is 2.16 bits per heavy atom. The number of nitrogens with zero attached hydrogens (tertiary/aromatic N) is 1. The minimum atomic E-state index is -0.369. The first-order valence-corrected chi connectivity index (χ1v) is 6.26. The minimum Gasteiger partial charge on any atom is -0.461 e. The molecule has 0 bridgehead atoms. The molecule has 0 fully saturated rings. The van der Waals surface area contributed by atoms with Crippen LogP contribution in [-0.4, -0.2) is 17.6 Å². The van der Waals surface area contributed by atoms with Crippen molar-refractivity contribution < 1.29 is 9.53 Å². The molecule has 19 heavy (non-hydrogen) atoms. The first-order valence-electron chi connectivity index (χ1n) is 6.26. The fraction of sp³-hybridized carbons (Fsp3) is 0.333. The highest BCUT2D eigenvalue weighted by Crippen LogP contribution is 2.21. The van der Waals surface area contributed by atoms with Gasteiger partial charge in [-0.2, -0.15) is 5.26 Å². The Kier molecular flexibility index (Phi) is 3.86. The van der Waals surface area contributed by atoms with Crippen LogP contribution in [0.2, 0.25) is 0 Å². The first kappa shape index (κ1) is 13.2. The molecule has 0 radical (unpaired) electrons. The van der Waals surface area contributed by atoms with E-state index in [0.717, 1.165) is 22.0 Å². The lowest BCUT2D eigenvalue weighted by Gasteiger charge is -2.00. The summed E-state index contributed by atoms with van der Waals surface area (Å²) < 4.78 is 5.11. The molecule has 0 unspecified atom stereocenters. The molecule has 1 N–H and O–H groups in total. The number of aryl methyl sites for hydroxylation is 2. The summed E-state index contributed by atoms with van der Waals surface area (Å²) in [5.41, 5.74) is 3.69. The van der Waals surface area contributed by atoms with E-state index in [1.807, 2.05) is 32.0 Å². The van der Waals surface area contributed by atoms with Crippen LogP contribution in [-0.2, 0) is 4.74 Å². The number of ether oxygens (including phenoxy) is 1. The van der Waals surface area contributed by atoms with Gasteiger partial charge in [0.05, 0.1) is 12.7 Å². The van der Waals surface area contributed by atoms with Gasteiger partial charge in [0.15, 0.2) is 0 Å². The van der Waals surface area contributed by atoms with Crippen molar-refractivity contribution in [2.45, 2.75) is 26.7 Å². The third kappa shape index (κ3) is 2.94. The molecular formula is C15H16N2O2. The molecule has 0 saturated heterocycles. The number of aromatic nitrogens is 1. The highest BCUT2D eigenvalue weighted by Gasteiger charge is 2.12. The molecule has 0 atom stereocenters. The van der Waals surface area contributed by atoms with Gasteiger partial charge in [0.25, 0.3) is 0 Å². The van der Waals surface area contributed by atoms with Crippen molar-refractivity contribution in [2.24, 2.45) is 0 Å². The molecule has 0 spiro atoms. The van der Waals surface area contributed by atoms with Crippen LogP contribution in [0.4, 0.5) is 0 Å². The second-order valence-electron chi connectivity index (χ2n) is 4.62. The summed E-state index contributed by atoms with van der Waals surface area (Å²) in [5, 5.41) is 9.44. The predicted octanol–water partition coefficient (Wildman–Crippen LogP) is 3.25. The van der Waals surface area contributed by atoms with Crippen molar-refractivity contribution in [1.29, 1.82) is 5.26 Å². The van der Waals surface area contributed by atoms with Gasteiger partial charge in [-0.25, -0.2) is 4.79 Å². The van der Waals surface area contributed by atoms with Crippen molar-refractivity contribution in [2.75, 3.05) is 6.61 Å². The molecule has 0 aliphatic carbocycles. The molecule has 0 aliphatic heterocycles. The number of fused-ring (bicyclic) bond motifs is 1. The number of nitrogens with one attached hydrogen (secondary N) is 1. The lowest BCUT2D eigenvalue weighted by molar-refractivity contribution is 0.0496. The fourth-order valence-corrected chi connectivity index (χ4v) is 2.10. The van der Waals surface area contributed by atoms with Crippen LogP contribution in [0.3, 0.4) is 0 Å². The van der Waals surface area contributed by atoms with Crippen LogP contribution >= 0.6 is 0 Å². The summed E-state index contributed by atoms with van der Waals surface area (Å²) >= 11 is 0. The Hall–Kier alpha value is -2.28. The van der Waals surface area contributed by atoms with Crippen molar-refractivity contribution in [3.63, 3.8) is 0 Å². The van der Waals surface area contributed by atoms with Gasteiger partial charge >= 0.3 is 5.97 Å².